The molecule has 0 spiro atoms. The molecule has 0 atom stereocenters. The molecule has 0 radical (unpaired) electrons. The van der Waals surface area contributed by atoms with Crippen LogP contribution in [0.2, 0.25) is 0 Å². The van der Waals surface area contributed by atoms with Crippen molar-refractivity contribution in [2.24, 2.45) is 5.73 Å². The predicted octanol–water partition coefficient (Wildman–Crippen LogP) is 0.834. The molecule has 0 bridgehead atoms. The molecule has 1 fully saturated rings. The van der Waals surface area contributed by atoms with Crippen molar-refractivity contribution in [3.05, 3.63) is 0 Å². The van der Waals surface area contributed by atoms with Crippen molar-refractivity contribution in [1.29, 1.82) is 0 Å². The van der Waals surface area contributed by atoms with Crippen LogP contribution < -0.4 is 5.73 Å². The van der Waals surface area contributed by atoms with Gasteiger partial charge in [0, 0.05) is 26.2 Å². The van der Waals surface area contributed by atoms with E-state index in [2.05, 4.69) is 18.7 Å². The third-order valence-corrected chi connectivity index (χ3v) is 2.44. The summed E-state index contributed by atoms with van der Waals surface area (Å²) in [6, 6.07) is 0. The molecular formula is C10H22N2O. The highest BCUT2D eigenvalue weighted by molar-refractivity contribution is 4.72. The lowest BCUT2D eigenvalue weighted by atomic mass is 10.1. The minimum atomic E-state index is 0.367. The second-order valence-corrected chi connectivity index (χ2v) is 4.01. The van der Waals surface area contributed by atoms with Crippen LogP contribution in [0, 0.1) is 0 Å². The molecule has 2 N–H and O–H groups in total. The Morgan fingerprint density at radius 1 is 1.38 bits per heavy atom. The number of piperidine rings is 1. The van der Waals surface area contributed by atoms with E-state index in [1.54, 1.807) is 0 Å². The molecule has 1 heterocycles. The highest BCUT2D eigenvalue weighted by Crippen LogP contribution is 2.14. The molecule has 0 aromatic heterocycles. The SMILES string of the molecule is CC(C)OC1CCN(CCN)CC1. The van der Waals surface area contributed by atoms with Gasteiger partial charge in [-0.2, -0.15) is 0 Å². The van der Waals surface area contributed by atoms with Gasteiger partial charge in [0.2, 0.25) is 0 Å². The van der Waals surface area contributed by atoms with Crippen LogP contribution in [0.1, 0.15) is 26.7 Å². The lowest BCUT2D eigenvalue weighted by Crippen LogP contribution is -2.40. The van der Waals surface area contributed by atoms with Gasteiger partial charge in [0.25, 0.3) is 0 Å². The van der Waals surface area contributed by atoms with Crippen molar-refractivity contribution in [1.82, 2.24) is 4.90 Å². The summed E-state index contributed by atoms with van der Waals surface area (Å²) in [6.45, 7) is 8.31. The zero-order valence-electron chi connectivity index (χ0n) is 8.83. The number of ether oxygens (including phenoxy) is 1. The minimum Gasteiger partial charge on any atom is -0.375 e. The van der Waals surface area contributed by atoms with Crippen molar-refractivity contribution < 1.29 is 4.74 Å². The van der Waals surface area contributed by atoms with Crippen LogP contribution in [0.3, 0.4) is 0 Å². The van der Waals surface area contributed by atoms with Gasteiger partial charge < -0.3 is 15.4 Å². The zero-order chi connectivity index (χ0) is 9.68. The molecule has 78 valence electrons. The Balaban J connectivity index is 2.15. The van der Waals surface area contributed by atoms with Crippen LogP contribution >= 0.6 is 0 Å². The first-order valence-corrected chi connectivity index (χ1v) is 5.30. The van der Waals surface area contributed by atoms with Gasteiger partial charge in [-0.25, -0.2) is 0 Å². The normalized spacial score (nSPS) is 21.2. The van der Waals surface area contributed by atoms with Crippen LogP contribution in [0.15, 0.2) is 0 Å². The van der Waals surface area contributed by atoms with Crippen LogP contribution in [0.25, 0.3) is 0 Å². The second-order valence-electron chi connectivity index (χ2n) is 4.01. The second kappa shape index (κ2) is 5.58. The first-order valence-electron chi connectivity index (χ1n) is 5.30. The van der Waals surface area contributed by atoms with Crippen LogP contribution in [0.5, 0.6) is 0 Å². The fourth-order valence-electron chi connectivity index (χ4n) is 1.84. The number of likely N-dealkylation sites (tertiary alicyclic amines) is 1. The number of hydrogen-bond acceptors (Lipinski definition) is 3. The summed E-state index contributed by atoms with van der Waals surface area (Å²) in [5.41, 5.74) is 5.50. The average Bonchev–Trinajstić information content (AvgIpc) is 2.08. The summed E-state index contributed by atoms with van der Waals surface area (Å²) in [5, 5.41) is 0. The fraction of sp³-hybridized carbons (Fsp3) is 1.00. The van der Waals surface area contributed by atoms with Gasteiger partial charge in [-0.3, -0.25) is 0 Å². The molecule has 1 aliphatic rings. The van der Waals surface area contributed by atoms with E-state index in [0.29, 0.717) is 12.2 Å². The highest BCUT2D eigenvalue weighted by Gasteiger charge is 2.19. The van der Waals surface area contributed by atoms with Gasteiger partial charge in [-0.15, -0.1) is 0 Å². The molecule has 13 heavy (non-hydrogen) atoms. The summed E-state index contributed by atoms with van der Waals surface area (Å²) in [6.07, 6.45) is 3.18. The maximum Gasteiger partial charge on any atom is 0.0603 e. The monoisotopic (exact) mass is 186 g/mol. The average molecular weight is 186 g/mol. The topological polar surface area (TPSA) is 38.5 Å². The Morgan fingerprint density at radius 3 is 2.46 bits per heavy atom. The molecule has 0 saturated carbocycles. The Labute approximate surface area is 81.2 Å². The van der Waals surface area contributed by atoms with Crippen molar-refractivity contribution in [2.45, 2.75) is 38.9 Å². The van der Waals surface area contributed by atoms with Gasteiger partial charge >= 0.3 is 0 Å². The maximum absolute atomic E-state index is 5.76. The molecular weight excluding hydrogens is 164 g/mol. The van der Waals surface area contributed by atoms with E-state index in [9.17, 15) is 0 Å². The standard InChI is InChI=1S/C10H22N2O/c1-9(2)13-10-3-6-12(7-4-10)8-5-11/h9-10H,3-8,11H2,1-2H3. The maximum atomic E-state index is 5.76. The summed E-state index contributed by atoms with van der Waals surface area (Å²) >= 11 is 0. The number of nitrogens with zero attached hydrogens (tertiary/aromatic N) is 1. The number of nitrogens with two attached hydrogens (primary N) is 1. The molecule has 1 saturated heterocycles. The molecule has 0 aliphatic carbocycles. The Hall–Kier alpha value is -0.120. The van der Waals surface area contributed by atoms with E-state index in [4.69, 9.17) is 10.5 Å². The van der Waals surface area contributed by atoms with E-state index in [1.807, 2.05) is 0 Å². The number of rotatable bonds is 4. The zero-order valence-corrected chi connectivity index (χ0v) is 8.83. The molecule has 0 aromatic rings. The first-order chi connectivity index (χ1) is 6.22. The van der Waals surface area contributed by atoms with Gasteiger partial charge in [0.1, 0.15) is 0 Å². The Morgan fingerprint density at radius 2 is 2.00 bits per heavy atom. The van der Waals surface area contributed by atoms with Gasteiger partial charge in [0.05, 0.1) is 12.2 Å². The third-order valence-electron chi connectivity index (χ3n) is 2.44. The largest absolute Gasteiger partial charge is 0.375 e. The van der Waals surface area contributed by atoms with E-state index in [1.165, 1.54) is 0 Å². The fourth-order valence-corrected chi connectivity index (χ4v) is 1.84. The first kappa shape index (κ1) is 11.0. The van der Waals surface area contributed by atoms with Crippen molar-refractivity contribution in [2.75, 3.05) is 26.2 Å². The molecule has 3 nitrogen and oxygen atoms in total. The van der Waals surface area contributed by atoms with Crippen LogP contribution in [-0.2, 0) is 4.74 Å². The lowest BCUT2D eigenvalue weighted by Gasteiger charge is -2.32. The van der Waals surface area contributed by atoms with Crippen molar-refractivity contribution >= 4 is 0 Å². The summed E-state index contributed by atoms with van der Waals surface area (Å²) in [4.78, 5) is 2.42. The van der Waals surface area contributed by atoms with E-state index in [-0.39, 0.29) is 0 Å². The van der Waals surface area contributed by atoms with Gasteiger partial charge in [0.15, 0.2) is 0 Å². The smallest absolute Gasteiger partial charge is 0.0603 e. The van der Waals surface area contributed by atoms with E-state index < -0.39 is 0 Å². The number of hydrogen-bond donors (Lipinski definition) is 1. The van der Waals surface area contributed by atoms with Crippen LogP contribution in [-0.4, -0.2) is 43.3 Å². The molecule has 0 amide bonds. The highest BCUT2D eigenvalue weighted by atomic mass is 16.5. The third kappa shape index (κ3) is 4.07. The van der Waals surface area contributed by atoms with Crippen molar-refractivity contribution in [3.8, 4) is 0 Å². The van der Waals surface area contributed by atoms with Crippen LogP contribution in [0.4, 0.5) is 0 Å². The lowest BCUT2D eigenvalue weighted by molar-refractivity contribution is -0.0262. The summed E-state index contributed by atoms with van der Waals surface area (Å²) in [5.74, 6) is 0. The minimum absolute atomic E-state index is 0.367. The van der Waals surface area contributed by atoms with Gasteiger partial charge in [-0.05, 0) is 26.7 Å². The van der Waals surface area contributed by atoms with E-state index in [0.717, 1.165) is 39.0 Å². The molecule has 3 heteroatoms. The summed E-state index contributed by atoms with van der Waals surface area (Å²) in [7, 11) is 0. The Kier molecular flexibility index (Phi) is 4.70. The van der Waals surface area contributed by atoms with Gasteiger partial charge in [-0.1, -0.05) is 0 Å². The molecule has 1 rings (SSSR count). The molecule has 0 unspecified atom stereocenters. The van der Waals surface area contributed by atoms with Crippen molar-refractivity contribution in [3.63, 3.8) is 0 Å². The Bertz CT molecular complexity index is 131. The summed E-state index contributed by atoms with van der Waals surface area (Å²) < 4.78 is 5.76. The quantitative estimate of drug-likeness (QED) is 0.707. The molecule has 1 aliphatic heterocycles. The van der Waals surface area contributed by atoms with E-state index >= 15 is 0 Å². The molecule has 0 aromatic carbocycles. The predicted molar refractivity (Wildman–Crippen MR) is 54.7 cm³/mol.